The van der Waals surface area contributed by atoms with E-state index in [0.717, 1.165) is 23.5 Å². The molecule has 1 radical (unpaired) electrons. The van der Waals surface area contributed by atoms with Crippen LogP contribution in [0.25, 0.3) is 0 Å². The minimum atomic E-state index is 0.518. The summed E-state index contributed by atoms with van der Waals surface area (Å²) in [6.07, 6.45) is 1.92. The molecule has 0 aliphatic rings. The molecule has 0 amide bonds. The first-order valence-electron chi connectivity index (χ1n) is 5.84. The Bertz CT molecular complexity index is 322. The zero-order chi connectivity index (χ0) is 11.8. The maximum atomic E-state index is 11.9. The second kappa shape index (κ2) is 7.14. The number of hydroxylamine groups is 2. The zero-order valence-corrected chi connectivity index (χ0v) is 10.0. The van der Waals surface area contributed by atoms with Gasteiger partial charge in [0.25, 0.3) is 5.84 Å². The van der Waals surface area contributed by atoms with Gasteiger partial charge < -0.3 is 5.21 Å². The largest absolute Gasteiger partial charge is 0.575 e. The molecule has 16 heavy (non-hydrogen) atoms. The van der Waals surface area contributed by atoms with Crippen molar-refractivity contribution in [1.82, 2.24) is 5.06 Å². The summed E-state index contributed by atoms with van der Waals surface area (Å²) in [5.41, 5.74) is 0.899. The molecule has 3 nitrogen and oxygen atoms in total. The molecule has 0 fully saturated rings. The van der Waals surface area contributed by atoms with Crippen LogP contribution in [0.1, 0.15) is 32.3 Å². The molecule has 0 saturated heterocycles. The lowest BCUT2D eigenvalue weighted by Gasteiger charge is -2.15. The van der Waals surface area contributed by atoms with Gasteiger partial charge in [-0.15, -0.1) is 5.06 Å². The van der Waals surface area contributed by atoms with Crippen LogP contribution in [-0.2, 0) is 0 Å². The maximum Gasteiger partial charge on any atom is 0.279 e. The fourth-order valence-electron chi connectivity index (χ4n) is 1.46. The van der Waals surface area contributed by atoms with E-state index in [0.29, 0.717) is 18.9 Å². The van der Waals surface area contributed by atoms with E-state index in [1.165, 1.54) is 0 Å². The number of rotatable bonds is 5. The number of nitrogens with zero attached hydrogens (tertiary/aromatic N) is 2. The third-order valence-electron chi connectivity index (χ3n) is 2.29. The van der Waals surface area contributed by atoms with Crippen LogP contribution in [0.2, 0.25) is 0 Å². The molecule has 0 unspecified atom stereocenters. The number of amidine groups is 1. The van der Waals surface area contributed by atoms with E-state index in [1.54, 1.807) is 0 Å². The second-order valence-corrected chi connectivity index (χ2v) is 3.62. The molecule has 0 aliphatic heterocycles. The minimum Gasteiger partial charge on any atom is -0.575 e. The molecule has 1 aromatic rings. The third kappa shape index (κ3) is 3.76. The van der Waals surface area contributed by atoms with E-state index in [2.05, 4.69) is 11.9 Å². The van der Waals surface area contributed by atoms with Crippen molar-refractivity contribution in [1.29, 1.82) is 0 Å². The molecule has 1 rings (SSSR count). The highest BCUT2D eigenvalue weighted by molar-refractivity contribution is 6.00. The molecule has 0 saturated carbocycles. The van der Waals surface area contributed by atoms with Gasteiger partial charge in [0, 0.05) is 13.0 Å². The van der Waals surface area contributed by atoms with Crippen molar-refractivity contribution in [3.05, 3.63) is 41.1 Å². The summed E-state index contributed by atoms with van der Waals surface area (Å²) in [5, 5.41) is 12.9. The fraction of sp³-hybridized carbons (Fsp3) is 0.462. The lowest BCUT2D eigenvalue weighted by Crippen LogP contribution is -2.32. The Morgan fingerprint density at radius 3 is 2.50 bits per heavy atom. The van der Waals surface area contributed by atoms with Crippen LogP contribution in [0, 0.1) is 5.21 Å². The summed E-state index contributed by atoms with van der Waals surface area (Å²) < 4.78 is 0. The highest BCUT2D eigenvalue weighted by Gasteiger charge is 2.15. The Labute approximate surface area is 97.4 Å². The predicted octanol–water partition coefficient (Wildman–Crippen LogP) is 2.89. The number of benzene rings is 1. The topological polar surface area (TPSA) is 41.3 Å². The zero-order valence-electron chi connectivity index (χ0n) is 10.0. The third-order valence-corrected chi connectivity index (χ3v) is 2.29. The number of hydrogen-bond donors (Lipinski definition) is 0. The molecule has 3 heteroatoms. The van der Waals surface area contributed by atoms with Crippen LogP contribution in [0.5, 0.6) is 0 Å². The van der Waals surface area contributed by atoms with Crippen LogP contribution in [0.4, 0.5) is 0 Å². The number of hydrogen-bond acceptors (Lipinski definition) is 2. The molecular weight excluding hydrogens is 200 g/mol. The average molecular weight is 219 g/mol. The lowest BCUT2D eigenvalue weighted by molar-refractivity contribution is 0.646. The maximum absolute atomic E-state index is 11.9. The van der Waals surface area contributed by atoms with E-state index in [9.17, 15) is 5.21 Å². The van der Waals surface area contributed by atoms with Gasteiger partial charge in [-0.2, -0.15) is 0 Å². The molecule has 0 aromatic heterocycles. The van der Waals surface area contributed by atoms with Gasteiger partial charge in [-0.05, 0) is 19.1 Å². The molecule has 87 valence electrons. The minimum absolute atomic E-state index is 0.518. The van der Waals surface area contributed by atoms with Crippen LogP contribution in [0.3, 0.4) is 0 Å². The quantitative estimate of drug-likeness (QED) is 0.325. The Morgan fingerprint density at radius 2 is 1.94 bits per heavy atom. The number of aliphatic imine (C=N–C) groups is 1. The molecule has 0 bridgehead atoms. The van der Waals surface area contributed by atoms with Crippen LogP contribution < -0.4 is 5.06 Å². The van der Waals surface area contributed by atoms with Gasteiger partial charge in [-0.25, -0.2) is 4.99 Å². The summed E-state index contributed by atoms with van der Waals surface area (Å²) in [5.74, 6) is 0.552. The normalized spacial score (nSPS) is 12.1. The highest BCUT2D eigenvalue weighted by atomic mass is 16.5. The Balaban J connectivity index is 2.80. The summed E-state index contributed by atoms with van der Waals surface area (Å²) in [6, 6.07) is 9.63. The standard InChI is InChI=1S/C13H19N2O/c1-3-5-11-15(16)13(14-4-2)12-9-7-6-8-10-12/h6-10H,3-5,11H2,1-2H3. The lowest BCUT2D eigenvalue weighted by atomic mass is 10.2. The van der Waals surface area contributed by atoms with Gasteiger partial charge in [0.1, 0.15) is 6.54 Å². The monoisotopic (exact) mass is 219 g/mol. The molecule has 1 aromatic carbocycles. The van der Waals surface area contributed by atoms with E-state index in [-0.39, 0.29) is 0 Å². The van der Waals surface area contributed by atoms with Gasteiger partial charge in [0.15, 0.2) is 0 Å². The van der Waals surface area contributed by atoms with Crippen molar-refractivity contribution in [2.45, 2.75) is 26.7 Å². The summed E-state index contributed by atoms with van der Waals surface area (Å²) in [7, 11) is 0. The summed E-state index contributed by atoms with van der Waals surface area (Å²) >= 11 is 0. The van der Waals surface area contributed by atoms with E-state index >= 15 is 0 Å². The highest BCUT2D eigenvalue weighted by Crippen LogP contribution is 2.04. The fourth-order valence-corrected chi connectivity index (χ4v) is 1.46. The predicted molar refractivity (Wildman–Crippen MR) is 68.8 cm³/mol. The summed E-state index contributed by atoms with van der Waals surface area (Å²) in [4.78, 5) is 4.28. The van der Waals surface area contributed by atoms with Gasteiger partial charge in [-0.3, -0.25) is 0 Å². The van der Waals surface area contributed by atoms with Crippen molar-refractivity contribution < 1.29 is 0 Å². The van der Waals surface area contributed by atoms with E-state index < -0.39 is 0 Å². The first-order valence-corrected chi connectivity index (χ1v) is 5.84. The Morgan fingerprint density at radius 1 is 1.25 bits per heavy atom. The first kappa shape index (κ1) is 12.9. The average Bonchev–Trinajstić information content (AvgIpc) is 2.34. The smallest absolute Gasteiger partial charge is 0.279 e. The second-order valence-electron chi connectivity index (χ2n) is 3.62. The van der Waals surface area contributed by atoms with Crippen LogP contribution in [0.15, 0.2) is 35.3 Å². The SMILES string of the molecule is CCCC[N+]([O-])C(=NCC)c1ccccc1. The van der Waals surface area contributed by atoms with Gasteiger partial charge in [0.05, 0.1) is 5.56 Å². The molecule has 0 spiro atoms. The Kier molecular flexibility index (Phi) is 5.75. The van der Waals surface area contributed by atoms with Crippen molar-refractivity contribution in [2.75, 3.05) is 13.1 Å². The van der Waals surface area contributed by atoms with Crippen molar-refractivity contribution in [2.24, 2.45) is 4.99 Å². The molecule has 0 N–H and O–H groups in total. The number of unbranched alkanes of at least 4 members (excludes halogenated alkanes) is 1. The van der Waals surface area contributed by atoms with Crippen LogP contribution in [-0.4, -0.2) is 18.9 Å². The first-order chi connectivity index (χ1) is 7.79. The molecule has 0 atom stereocenters. The van der Waals surface area contributed by atoms with Crippen LogP contribution >= 0.6 is 0 Å². The van der Waals surface area contributed by atoms with Gasteiger partial charge in [-0.1, -0.05) is 31.5 Å². The Hall–Kier alpha value is -1.19. The molecule has 0 aliphatic carbocycles. The van der Waals surface area contributed by atoms with Crippen molar-refractivity contribution >= 4 is 5.84 Å². The molecular formula is C13H19N2O. The molecule has 0 heterocycles. The van der Waals surface area contributed by atoms with Gasteiger partial charge in [0.2, 0.25) is 0 Å². The van der Waals surface area contributed by atoms with Crippen molar-refractivity contribution in [3.63, 3.8) is 0 Å². The summed E-state index contributed by atoms with van der Waals surface area (Å²) in [6.45, 7) is 5.17. The van der Waals surface area contributed by atoms with Gasteiger partial charge >= 0.3 is 0 Å². The van der Waals surface area contributed by atoms with E-state index in [1.807, 2.05) is 37.3 Å². The van der Waals surface area contributed by atoms with E-state index in [4.69, 9.17) is 0 Å². The van der Waals surface area contributed by atoms with Crippen molar-refractivity contribution in [3.8, 4) is 0 Å².